The average molecular weight is 288 g/mol. The summed E-state index contributed by atoms with van der Waals surface area (Å²) in [6, 6.07) is -0.312. The van der Waals surface area contributed by atoms with Crippen molar-refractivity contribution in [1.82, 2.24) is 4.90 Å². The molecular formula is C12H11F3N2O3. The summed E-state index contributed by atoms with van der Waals surface area (Å²) in [6.07, 6.45) is 0.799. The molecule has 1 fully saturated rings. The molecule has 0 aromatic heterocycles. The SMILES string of the molecule is O=C(O)[C@H]1CCCN1C(=O)Nc1ccc(F)c(F)c1F. The van der Waals surface area contributed by atoms with Crippen molar-refractivity contribution in [2.75, 3.05) is 11.9 Å². The Hall–Kier alpha value is -2.25. The number of carbonyl (C=O) groups is 2. The third-order valence-corrected chi connectivity index (χ3v) is 3.08. The largest absolute Gasteiger partial charge is 0.480 e. The Labute approximate surface area is 112 Å². The molecule has 2 amide bonds. The Kier molecular flexibility index (Phi) is 3.82. The third-order valence-electron chi connectivity index (χ3n) is 3.08. The number of aliphatic carboxylic acids is 1. The van der Waals surface area contributed by atoms with E-state index in [2.05, 4.69) is 0 Å². The first-order valence-corrected chi connectivity index (χ1v) is 5.85. The lowest BCUT2D eigenvalue weighted by atomic mass is 10.2. The number of hydrogen-bond acceptors (Lipinski definition) is 2. The predicted molar refractivity (Wildman–Crippen MR) is 62.7 cm³/mol. The highest BCUT2D eigenvalue weighted by Gasteiger charge is 2.34. The van der Waals surface area contributed by atoms with Gasteiger partial charge in [-0.2, -0.15) is 0 Å². The average Bonchev–Trinajstić information content (AvgIpc) is 2.89. The minimum absolute atomic E-state index is 0.202. The summed E-state index contributed by atoms with van der Waals surface area (Å²) >= 11 is 0. The monoisotopic (exact) mass is 288 g/mol. The van der Waals surface area contributed by atoms with E-state index in [1.54, 1.807) is 0 Å². The summed E-state index contributed by atoms with van der Waals surface area (Å²) in [7, 11) is 0. The summed E-state index contributed by atoms with van der Waals surface area (Å²) in [5.74, 6) is -5.75. The number of carbonyl (C=O) groups excluding carboxylic acids is 1. The van der Waals surface area contributed by atoms with Gasteiger partial charge in [0.25, 0.3) is 0 Å². The van der Waals surface area contributed by atoms with E-state index in [4.69, 9.17) is 5.11 Å². The maximum Gasteiger partial charge on any atom is 0.326 e. The number of halogens is 3. The first kappa shape index (κ1) is 14.2. The van der Waals surface area contributed by atoms with E-state index >= 15 is 0 Å². The van der Waals surface area contributed by atoms with Crippen molar-refractivity contribution < 1.29 is 27.9 Å². The fourth-order valence-corrected chi connectivity index (χ4v) is 2.08. The zero-order valence-electron chi connectivity index (χ0n) is 10.2. The van der Waals surface area contributed by atoms with E-state index in [1.165, 1.54) is 0 Å². The van der Waals surface area contributed by atoms with E-state index < -0.39 is 41.2 Å². The van der Waals surface area contributed by atoms with Gasteiger partial charge in [-0.25, -0.2) is 22.8 Å². The summed E-state index contributed by atoms with van der Waals surface area (Å²) in [6.45, 7) is 0.202. The highest BCUT2D eigenvalue weighted by atomic mass is 19.2. The highest BCUT2D eigenvalue weighted by Crippen LogP contribution is 2.22. The molecule has 2 rings (SSSR count). The molecule has 1 heterocycles. The number of carboxylic acid groups (broad SMARTS) is 1. The van der Waals surface area contributed by atoms with Gasteiger partial charge in [-0.15, -0.1) is 0 Å². The van der Waals surface area contributed by atoms with Crippen molar-refractivity contribution >= 4 is 17.7 Å². The molecule has 1 aromatic carbocycles. The number of nitrogens with one attached hydrogen (secondary N) is 1. The molecule has 2 N–H and O–H groups in total. The molecule has 5 nitrogen and oxygen atoms in total. The number of likely N-dealkylation sites (tertiary alicyclic amines) is 1. The first-order chi connectivity index (χ1) is 9.41. The molecule has 8 heteroatoms. The molecule has 0 radical (unpaired) electrons. The van der Waals surface area contributed by atoms with Crippen LogP contribution in [-0.4, -0.2) is 34.6 Å². The normalized spacial score (nSPS) is 18.1. The fourth-order valence-electron chi connectivity index (χ4n) is 2.08. The molecule has 0 spiro atoms. The van der Waals surface area contributed by atoms with Gasteiger partial charge in [-0.1, -0.05) is 0 Å². The summed E-state index contributed by atoms with van der Waals surface area (Å²) in [5, 5.41) is 11.0. The molecule has 0 bridgehead atoms. The molecule has 1 aliphatic rings. The Bertz CT molecular complexity index is 565. The number of hydrogen-bond donors (Lipinski definition) is 2. The van der Waals surface area contributed by atoms with Gasteiger partial charge in [0.05, 0.1) is 5.69 Å². The van der Waals surface area contributed by atoms with Crippen LogP contribution in [0.2, 0.25) is 0 Å². The first-order valence-electron chi connectivity index (χ1n) is 5.85. The van der Waals surface area contributed by atoms with Gasteiger partial charge in [0.1, 0.15) is 6.04 Å². The number of benzene rings is 1. The van der Waals surface area contributed by atoms with Crippen LogP contribution in [0.5, 0.6) is 0 Å². The van der Waals surface area contributed by atoms with E-state index in [0.29, 0.717) is 18.9 Å². The van der Waals surface area contributed by atoms with Crippen LogP contribution in [0.4, 0.5) is 23.7 Å². The van der Waals surface area contributed by atoms with Crippen molar-refractivity contribution in [3.8, 4) is 0 Å². The maximum absolute atomic E-state index is 13.4. The summed E-state index contributed by atoms with van der Waals surface area (Å²) in [5.41, 5.74) is -0.537. The zero-order valence-corrected chi connectivity index (χ0v) is 10.2. The van der Waals surface area contributed by atoms with Gasteiger partial charge in [0.2, 0.25) is 0 Å². The number of rotatable bonds is 2. The molecule has 0 unspecified atom stereocenters. The number of nitrogens with zero attached hydrogens (tertiary/aromatic N) is 1. The van der Waals surface area contributed by atoms with Gasteiger partial charge in [0.15, 0.2) is 17.5 Å². The molecule has 1 aliphatic heterocycles. The summed E-state index contributed by atoms with van der Waals surface area (Å²) < 4.78 is 39.2. The zero-order chi connectivity index (χ0) is 14.9. The van der Waals surface area contributed by atoms with E-state index in [9.17, 15) is 22.8 Å². The number of anilines is 1. The molecule has 0 aliphatic carbocycles. The number of amides is 2. The fraction of sp³-hybridized carbons (Fsp3) is 0.333. The highest BCUT2D eigenvalue weighted by molar-refractivity contribution is 5.92. The van der Waals surface area contributed by atoms with Crippen molar-refractivity contribution in [2.24, 2.45) is 0 Å². The smallest absolute Gasteiger partial charge is 0.326 e. The minimum atomic E-state index is -1.70. The molecule has 1 aromatic rings. The van der Waals surface area contributed by atoms with Crippen LogP contribution in [0.3, 0.4) is 0 Å². The van der Waals surface area contributed by atoms with Gasteiger partial charge in [-0.05, 0) is 25.0 Å². The predicted octanol–water partition coefficient (Wildman–Crippen LogP) is 2.18. The van der Waals surface area contributed by atoms with Crippen molar-refractivity contribution in [1.29, 1.82) is 0 Å². The standard InChI is InChI=1S/C12H11F3N2O3/c13-6-3-4-7(10(15)9(6)14)16-12(20)17-5-1-2-8(17)11(18)19/h3-4,8H,1-2,5H2,(H,16,20)(H,18,19)/t8-/m1/s1. The number of carboxylic acids is 1. The quantitative estimate of drug-likeness (QED) is 0.819. The van der Waals surface area contributed by atoms with Crippen molar-refractivity contribution in [3.05, 3.63) is 29.6 Å². The second kappa shape index (κ2) is 5.40. The topological polar surface area (TPSA) is 69.6 Å². The van der Waals surface area contributed by atoms with Crippen molar-refractivity contribution in [3.63, 3.8) is 0 Å². The molecule has 1 saturated heterocycles. The molecule has 108 valence electrons. The van der Waals surface area contributed by atoms with E-state index in [0.717, 1.165) is 11.0 Å². The Morgan fingerprint density at radius 3 is 2.60 bits per heavy atom. The lowest BCUT2D eigenvalue weighted by Crippen LogP contribution is -2.42. The van der Waals surface area contributed by atoms with Crippen LogP contribution in [0.1, 0.15) is 12.8 Å². The number of urea groups is 1. The lowest BCUT2D eigenvalue weighted by Gasteiger charge is -2.22. The van der Waals surface area contributed by atoms with Gasteiger partial charge >= 0.3 is 12.0 Å². The van der Waals surface area contributed by atoms with Crippen LogP contribution in [0.15, 0.2) is 12.1 Å². The van der Waals surface area contributed by atoms with Gasteiger partial charge in [0, 0.05) is 6.54 Å². The van der Waals surface area contributed by atoms with Gasteiger partial charge < -0.3 is 15.3 Å². The van der Waals surface area contributed by atoms with E-state index in [1.807, 2.05) is 5.32 Å². The molecular weight excluding hydrogens is 277 g/mol. The lowest BCUT2D eigenvalue weighted by molar-refractivity contribution is -0.141. The van der Waals surface area contributed by atoms with Crippen molar-refractivity contribution in [2.45, 2.75) is 18.9 Å². The molecule has 0 saturated carbocycles. The molecule has 1 atom stereocenters. The maximum atomic E-state index is 13.4. The third kappa shape index (κ3) is 2.54. The van der Waals surface area contributed by atoms with Crippen LogP contribution in [0.25, 0.3) is 0 Å². The van der Waals surface area contributed by atoms with E-state index in [-0.39, 0.29) is 6.54 Å². The van der Waals surface area contributed by atoms with Gasteiger partial charge in [-0.3, -0.25) is 0 Å². The summed E-state index contributed by atoms with van der Waals surface area (Å²) in [4.78, 5) is 23.8. The Balaban J connectivity index is 2.16. The van der Waals surface area contributed by atoms with Crippen LogP contribution in [-0.2, 0) is 4.79 Å². The second-order valence-corrected chi connectivity index (χ2v) is 4.34. The Morgan fingerprint density at radius 2 is 1.95 bits per heavy atom. The molecule has 20 heavy (non-hydrogen) atoms. The minimum Gasteiger partial charge on any atom is -0.480 e. The van der Waals surface area contributed by atoms with Crippen LogP contribution in [0, 0.1) is 17.5 Å². The second-order valence-electron chi connectivity index (χ2n) is 4.34. The van der Waals surface area contributed by atoms with Crippen LogP contribution >= 0.6 is 0 Å². The van der Waals surface area contributed by atoms with Crippen LogP contribution < -0.4 is 5.32 Å². The Morgan fingerprint density at radius 1 is 1.25 bits per heavy atom.